The SMILES string of the molecule is Cc1c(Cl)cccc1-n1c(=S)[nH]c2cc(F)ccc21. The highest BCUT2D eigenvalue weighted by Crippen LogP contribution is 2.26. The van der Waals surface area contributed by atoms with Crippen LogP contribution in [-0.4, -0.2) is 9.55 Å². The van der Waals surface area contributed by atoms with E-state index < -0.39 is 0 Å². The van der Waals surface area contributed by atoms with E-state index in [0.717, 1.165) is 16.8 Å². The molecular formula is C14H10ClFN2S. The fourth-order valence-corrected chi connectivity index (χ4v) is 2.64. The van der Waals surface area contributed by atoms with Gasteiger partial charge in [-0.05, 0) is 55.0 Å². The first-order valence-electron chi connectivity index (χ1n) is 5.73. The second-order valence-electron chi connectivity index (χ2n) is 4.31. The molecule has 0 atom stereocenters. The fourth-order valence-electron chi connectivity index (χ4n) is 2.16. The summed E-state index contributed by atoms with van der Waals surface area (Å²) in [4.78, 5) is 3.01. The van der Waals surface area contributed by atoms with Crippen LogP contribution in [0.25, 0.3) is 16.7 Å². The predicted octanol–water partition coefficient (Wildman–Crippen LogP) is 4.79. The van der Waals surface area contributed by atoms with Crippen LogP contribution in [0.2, 0.25) is 5.02 Å². The van der Waals surface area contributed by atoms with Gasteiger partial charge in [0.2, 0.25) is 0 Å². The van der Waals surface area contributed by atoms with Crippen LogP contribution in [0, 0.1) is 17.5 Å². The summed E-state index contributed by atoms with van der Waals surface area (Å²) in [6.45, 7) is 1.93. The van der Waals surface area contributed by atoms with Gasteiger partial charge in [-0.2, -0.15) is 0 Å². The highest BCUT2D eigenvalue weighted by Gasteiger charge is 2.10. The molecule has 3 rings (SSSR count). The molecule has 0 fully saturated rings. The summed E-state index contributed by atoms with van der Waals surface area (Å²) in [7, 11) is 0. The molecule has 5 heteroatoms. The van der Waals surface area contributed by atoms with Crippen LogP contribution in [0.5, 0.6) is 0 Å². The lowest BCUT2D eigenvalue weighted by atomic mass is 10.2. The van der Waals surface area contributed by atoms with E-state index in [4.69, 9.17) is 23.8 Å². The number of H-pyrrole nitrogens is 1. The van der Waals surface area contributed by atoms with Gasteiger partial charge in [0.25, 0.3) is 0 Å². The molecule has 0 aliphatic rings. The molecule has 0 bridgehead atoms. The number of halogens is 2. The molecule has 2 aromatic carbocycles. The Morgan fingerprint density at radius 2 is 2.05 bits per heavy atom. The van der Waals surface area contributed by atoms with Crippen LogP contribution in [0.1, 0.15) is 5.56 Å². The van der Waals surface area contributed by atoms with Crippen molar-refractivity contribution in [3.05, 3.63) is 57.6 Å². The molecule has 2 nitrogen and oxygen atoms in total. The molecule has 1 aromatic heterocycles. The van der Waals surface area contributed by atoms with E-state index in [0.29, 0.717) is 15.3 Å². The van der Waals surface area contributed by atoms with E-state index in [1.807, 2.05) is 29.7 Å². The van der Waals surface area contributed by atoms with Gasteiger partial charge >= 0.3 is 0 Å². The standard InChI is InChI=1S/C14H10ClFN2S/c1-8-10(15)3-2-4-12(8)18-13-6-5-9(16)7-11(13)17-14(18)19/h2-7H,1H3,(H,17,19). The third kappa shape index (κ3) is 1.97. The fraction of sp³-hybridized carbons (Fsp3) is 0.0714. The number of hydrogen-bond donors (Lipinski definition) is 1. The average molecular weight is 293 g/mol. The summed E-state index contributed by atoms with van der Waals surface area (Å²) < 4.78 is 15.6. The number of fused-ring (bicyclic) bond motifs is 1. The van der Waals surface area contributed by atoms with Crippen molar-refractivity contribution in [2.24, 2.45) is 0 Å². The Kier molecular flexibility index (Phi) is 2.92. The van der Waals surface area contributed by atoms with Crippen molar-refractivity contribution in [1.29, 1.82) is 0 Å². The minimum absolute atomic E-state index is 0.293. The second-order valence-corrected chi connectivity index (χ2v) is 5.10. The molecule has 19 heavy (non-hydrogen) atoms. The Labute approximate surface area is 119 Å². The number of benzene rings is 2. The summed E-state index contributed by atoms with van der Waals surface area (Å²) in [5.41, 5.74) is 3.34. The van der Waals surface area contributed by atoms with Crippen LogP contribution >= 0.6 is 23.8 Å². The third-order valence-electron chi connectivity index (χ3n) is 3.12. The number of aromatic nitrogens is 2. The number of hydrogen-bond acceptors (Lipinski definition) is 1. The Hall–Kier alpha value is -1.65. The van der Waals surface area contributed by atoms with E-state index in [2.05, 4.69) is 4.98 Å². The van der Waals surface area contributed by atoms with Crippen LogP contribution in [-0.2, 0) is 0 Å². The maximum Gasteiger partial charge on any atom is 0.182 e. The van der Waals surface area contributed by atoms with Crippen molar-refractivity contribution in [2.45, 2.75) is 6.92 Å². The van der Waals surface area contributed by atoms with Crippen molar-refractivity contribution in [1.82, 2.24) is 9.55 Å². The van der Waals surface area contributed by atoms with Gasteiger partial charge in [-0.3, -0.25) is 4.57 Å². The van der Waals surface area contributed by atoms with Gasteiger partial charge in [-0.1, -0.05) is 17.7 Å². The monoisotopic (exact) mass is 292 g/mol. The quantitative estimate of drug-likeness (QED) is 0.640. The summed E-state index contributed by atoms with van der Waals surface area (Å²) in [5.74, 6) is -0.293. The molecule has 0 saturated carbocycles. The Balaban J connectivity index is 2.40. The number of rotatable bonds is 1. The molecule has 0 aliphatic heterocycles. The maximum absolute atomic E-state index is 13.2. The predicted molar refractivity (Wildman–Crippen MR) is 78.2 cm³/mol. The molecule has 0 amide bonds. The van der Waals surface area contributed by atoms with Crippen molar-refractivity contribution in [3.63, 3.8) is 0 Å². The number of imidazole rings is 1. The van der Waals surface area contributed by atoms with E-state index in [-0.39, 0.29) is 5.82 Å². The first-order valence-corrected chi connectivity index (χ1v) is 6.52. The van der Waals surface area contributed by atoms with Gasteiger partial charge in [0.1, 0.15) is 5.82 Å². The van der Waals surface area contributed by atoms with Gasteiger partial charge in [0, 0.05) is 5.02 Å². The van der Waals surface area contributed by atoms with Crippen molar-refractivity contribution in [3.8, 4) is 5.69 Å². The zero-order valence-electron chi connectivity index (χ0n) is 10.1. The molecule has 1 N–H and O–H groups in total. The van der Waals surface area contributed by atoms with E-state index >= 15 is 0 Å². The van der Waals surface area contributed by atoms with Crippen molar-refractivity contribution >= 4 is 34.9 Å². The molecule has 0 aliphatic carbocycles. The van der Waals surface area contributed by atoms with Gasteiger partial charge in [0.15, 0.2) is 4.77 Å². The lowest BCUT2D eigenvalue weighted by Gasteiger charge is -2.09. The molecule has 0 radical (unpaired) electrons. The normalized spacial score (nSPS) is 11.1. The first kappa shape index (κ1) is 12.4. The van der Waals surface area contributed by atoms with Gasteiger partial charge in [-0.25, -0.2) is 4.39 Å². The van der Waals surface area contributed by atoms with Crippen LogP contribution in [0.3, 0.4) is 0 Å². The minimum Gasteiger partial charge on any atom is -0.330 e. The van der Waals surface area contributed by atoms with E-state index in [1.54, 1.807) is 6.07 Å². The van der Waals surface area contributed by atoms with E-state index in [1.165, 1.54) is 12.1 Å². The molecule has 0 unspecified atom stereocenters. The Morgan fingerprint density at radius 1 is 1.26 bits per heavy atom. The van der Waals surface area contributed by atoms with Crippen LogP contribution in [0.15, 0.2) is 36.4 Å². The molecule has 0 saturated heterocycles. The summed E-state index contributed by atoms with van der Waals surface area (Å²) in [6.07, 6.45) is 0. The van der Waals surface area contributed by atoms with Crippen molar-refractivity contribution in [2.75, 3.05) is 0 Å². The molecule has 0 spiro atoms. The number of nitrogens with zero attached hydrogens (tertiary/aromatic N) is 1. The highest BCUT2D eigenvalue weighted by atomic mass is 35.5. The first-order chi connectivity index (χ1) is 9.08. The molecule has 96 valence electrons. The Bertz CT molecular complexity index is 835. The zero-order chi connectivity index (χ0) is 13.6. The lowest BCUT2D eigenvalue weighted by molar-refractivity contribution is 0.629. The summed E-state index contributed by atoms with van der Waals surface area (Å²) in [5, 5.41) is 0.677. The number of aromatic amines is 1. The highest BCUT2D eigenvalue weighted by molar-refractivity contribution is 7.71. The van der Waals surface area contributed by atoms with Gasteiger partial charge < -0.3 is 4.98 Å². The van der Waals surface area contributed by atoms with Crippen LogP contribution in [0.4, 0.5) is 4.39 Å². The van der Waals surface area contributed by atoms with Crippen LogP contribution < -0.4 is 0 Å². The Morgan fingerprint density at radius 3 is 2.84 bits per heavy atom. The van der Waals surface area contributed by atoms with Gasteiger partial charge in [0.05, 0.1) is 16.7 Å². The third-order valence-corrected chi connectivity index (χ3v) is 3.82. The molecular weight excluding hydrogens is 283 g/mol. The van der Waals surface area contributed by atoms with Crippen molar-refractivity contribution < 1.29 is 4.39 Å². The summed E-state index contributed by atoms with van der Waals surface area (Å²) >= 11 is 11.5. The zero-order valence-corrected chi connectivity index (χ0v) is 11.6. The maximum atomic E-state index is 13.2. The van der Waals surface area contributed by atoms with E-state index in [9.17, 15) is 4.39 Å². The molecule has 3 aromatic rings. The number of nitrogens with one attached hydrogen (secondary N) is 1. The molecule has 1 heterocycles. The topological polar surface area (TPSA) is 20.7 Å². The largest absolute Gasteiger partial charge is 0.330 e. The lowest BCUT2D eigenvalue weighted by Crippen LogP contribution is -1.97. The minimum atomic E-state index is -0.293. The summed E-state index contributed by atoms with van der Waals surface area (Å²) in [6, 6.07) is 10.2. The average Bonchev–Trinajstić information content (AvgIpc) is 2.68. The second kappa shape index (κ2) is 4.47. The smallest absolute Gasteiger partial charge is 0.182 e. The van der Waals surface area contributed by atoms with Gasteiger partial charge in [-0.15, -0.1) is 0 Å².